The molecule has 0 saturated heterocycles. The zero-order chi connectivity index (χ0) is 11.2. The van der Waals surface area contributed by atoms with Gasteiger partial charge >= 0.3 is 0 Å². The van der Waals surface area contributed by atoms with Gasteiger partial charge < -0.3 is 5.32 Å². The summed E-state index contributed by atoms with van der Waals surface area (Å²) in [6.07, 6.45) is 2.63. The van der Waals surface area contributed by atoms with Crippen molar-refractivity contribution in [1.29, 1.82) is 0 Å². The third kappa shape index (κ3) is 7.37. The summed E-state index contributed by atoms with van der Waals surface area (Å²) in [5.41, 5.74) is 0.449. The van der Waals surface area contributed by atoms with Gasteiger partial charge in [0.05, 0.1) is 0 Å². The van der Waals surface area contributed by atoms with E-state index in [1.54, 1.807) is 0 Å². The van der Waals surface area contributed by atoms with Crippen LogP contribution in [0, 0.1) is 17.3 Å². The predicted molar refractivity (Wildman–Crippen MR) is 65.6 cm³/mol. The molecule has 0 aliphatic carbocycles. The molecule has 0 aliphatic heterocycles. The van der Waals surface area contributed by atoms with Gasteiger partial charge in [-0.15, -0.1) is 0 Å². The second-order valence-corrected chi connectivity index (χ2v) is 5.91. The first-order chi connectivity index (χ1) is 6.37. The van der Waals surface area contributed by atoms with Crippen LogP contribution < -0.4 is 5.32 Å². The molecule has 0 radical (unpaired) electrons. The Hall–Kier alpha value is -0.0400. The number of rotatable bonds is 7. The van der Waals surface area contributed by atoms with Crippen molar-refractivity contribution in [3.8, 4) is 0 Å². The lowest BCUT2D eigenvalue weighted by Gasteiger charge is -2.28. The van der Waals surface area contributed by atoms with Crippen LogP contribution in [0.15, 0.2) is 0 Å². The molecule has 0 spiro atoms. The van der Waals surface area contributed by atoms with Gasteiger partial charge in [0.15, 0.2) is 0 Å². The molecular weight excluding hydrogens is 170 g/mol. The topological polar surface area (TPSA) is 12.0 Å². The minimum absolute atomic E-state index is 0.449. The van der Waals surface area contributed by atoms with E-state index in [2.05, 4.69) is 46.9 Å². The van der Waals surface area contributed by atoms with E-state index >= 15 is 0 Å². The van der Waals surface area contributed by atoms with Gasteiger partial charge in [-0.05, 0) is 30.2 Å². The van der Waals surface area contributed by atoms with Crippen LogP contribution in [0.25, 0.3) is 0 Å². The molecule has 0 aromatic rings. The average Bonchev–Trinajstić information content (AvgIpc) is 2.02. The van der Waals surface area contributed by atoms with Gasteiger partial charge in [0, 0.05) is 6.54 Å². The van der Waals surface area contributed by atoms with Crippen molar-refractivity contribution in [2.45, 2.75) is 54.4 Å². The molecule has 0 fully saturated rings. The van der Waals surface area contributed by atoms with Gasteiger partial charge in [0.1, 0.15) is 0 Å². The summed E-state index contributed by atoms with van der Waals surface area (Å²) < 4.78 is 0. The molecule has 0 bridgehead atoms. The Kier molecular flexibility index (Phi) is 6.43. The molecule has 0 amide bonds. The van der Waals surface area contributed by atoms with Crippen molar-refractivity contribution in [3.63, 3.8) is 0 Å². The Bertz CT molecular complexity index is 138. The molecular formula is C13H29N. The van der Waals surface area contributed by atoms with Crippen molar-refractivity contribution >= 4 is 0 Å². The first-order valence-corrected chi connectivity index (χ1v) is 6.08. The third-order valence-electron chi connectivity index (χ3n) is 2.75. The number of nitrogens with one attached hydrogen (secondary N) is 1. The molecule has 86 valence electrons. The van der Waals surface area contributed by atoms with Crippen LogP contribution in [0.5, 0.6) is 0 Å². The van der Waals surface area contributed by atoms with Crippen molar-refractivity contribution in [2.75, 3.05) is 13.1 Å². The first-order valence-electron chi connectivity index (χ1n) is 6.08. The molecule has 0 rings (SSSR count). The predicted octanol–water partition coefficient (Wildman–Crippen LogP) is 3.69. The number of hydrogen-bond acceptors (Lipinski definition) is 1. The summed E-state index contributed by atoms with van der Waals surface area (Å²) in [6.45, 7) is 16.2. The lowest BCUT2D eigenvalue weighted by atomic mass is 9.82. The van der Waals surface area contributed by atoms with Gasteiger partial charge in [-0.2, -0.15) is 0 Å². The summed E-state index contributed by atoms with van der Waals surface area (Å²) >= 11 is 0. The zero-order valence-corrected chi connectivity index (χ0v) is 11.0. The molecule has 1 unspecified atom stereocenters. The minimum atomic E-state index is 0.449. The molecule has 0 saturated carbocycles. The van der Waals surface area contributed by atoms with Crippen molar-refractivity contribution < 1.29 is 0 Å². The highest BCUT2D eigenvalue weighted by Crippen LogP contribution is 2.25. The van der Waals surface area contributed by atoms with E-state index in [1.807, 2.05) is 0 Å². The fourth-order valence-electron chi connectivity index (χ4n) is 1.86. The maximum Gasteiger partial charge on any atom is 0.000273 e. The largest absolute Gasteiger partial charge is 0.316 e. The molecule has 0 aliphatic rings. The lowest BCUT2D eigenvalue weighted by molar-refractivity contribution is 0.257. The van der Waals surface area contributed by atoms with Crippen molar-refractivity contribution in [3.05, 3.63) is 0 Å². The van der Waals surface area contributed by atoms with Crippen LogP contribution >= 0.6 is 0 Å². The summed E-state index contributed by atoms with van der Waals surface area (Å²) in [5.74, 6) is 1.61. The molecule has 1 heteroatoms. The van der Waals surface area contributed by atoms with Crippen molar-refractivity contribution in [2.24, 2.45) is 17.3 Å². The normalized spacial score (nSPS) is 14.8. The summed E-state index contributed by atoms with van der Waals surface area (Å²) in [6, 6.07) is 0. The van der Waals surface area contributed by atoms with E-state index < -0.39 is 0 Å². The fourth-order valence-corrected chi connectivity index (χ4v) is 1.86. The zero-order valence-electron chi connectivity index (χ0n) is 11.0. The molecule has 1 atom stereocenters. The standard InChI is InChI=1S/C13H29N/c1-7-12(4)8-13(5,6)10-14-9-11(2)3/h11-12,14H,7-10H2,1-6H3. The van der Waals surface area contributed by atoms with Gasteiger partial charge in [-0.3, -0.25) is 0 Å². The Morgan fingerprint density at radius 3 is 2.14 bits per heavy atom. The minimum Gasteiger partial charge on any atom is -0.316 e. The van der Waals surface area contributed by atoms with E-state index in [0.29, 0.717) is 5.41 Å². The maximum absolute atomic E-state index is 3.55. The second-order valence-electron chi connectivity index (χ2n) is 5.91. The van der Waals surface area contributed by atoms with Crippen LogP contribution in [0.4, 0.5) is 0 Å². The smallest absolute Gasteiger partial charge is 0.000273 e. The van der Waals surface area contributed by atoms with Gasteiger partial charge in [-0.1, -0.05) is 48.0 Å². The molecule has 0 aromatic carbocycles. The first kappa shape index (κ1) is 14.0. The van der Waals surface area contributed by atoms with Crippen LogP contribution in [0.1, 0.15) is 54.4 Å². The van der Waals surface area contributed by atoms with Gasteiger partial charge in [-0.25, -0.2) is 0 Å². The Morgan fingerprint density at radius 2 is 1.71 bits per heavy atom. The average molecular weight is 199 g/mol. The third-order valence-corrected chi connectivity index (χ3v) is 2.75. The summed E-state index contributed by atoms with van der Waals surface area (Å²) in [4.78, 5) is 0. The van der Waals surface area contributed by atoms with Crippen LogP contribution in [0.3, 0.4) is 0 Å². The summed E-state index contributed by atoms with van der Waals surface area (Å²) in [7, 11) is 0. The molecule has 0 aromatic heterocycles. The van der Waals surface area contributed by atoms with Gasteiger partial charge in [0.25, 0.3) is 0 Å². The van der Waals surface area contributed by atoms with Crippen LogP contribution in [-0.4, -0.2) is 13.1 Å². The molecule has 1 N–H and O–H groups in total. The second kappa shape index (κ2) is 6.44. The Balaban J connectivity index is 3.71. The van der Waals surface area contributed by atoms with E-state index in [0.717, 1.165) is 24.9 Å². The van der Waals surface area contributed by atoms with Crippen molar-refractivity contribution in [1.82, 2.24) is 5.32 Å². The molecule has 14 heavy (non-hydrogen) atoms. The quantitative estimate of drug-likeness (QED) is 0.659. The highest BCUT2D eigenvalue weighted by Gasteiger charge is 2.19. The summed E-state index contributed by atoms with van der Waals surface area (Å²) in [5, 5.41) is 3.55. The monoisotopic (exact) mass is 199 g/mol. The van der Waals surface area contributed by atoms with Crippen LogP contribution in [0.2, 0.25) is 0 Å². The Morgan fingerprint density at radius 1 is 1.14 bits per heavy atom. The molecule has 1 nitrogen and oxygen atoms in total. The fraction of sp³-hybridized carbons (Fsp3) is 1.00. The molecule has 0 heterocycles. The van der Waals surface area contributed by atoms with E-state index in [9.17, 15) is 0 Å². The van der Waals surface area contributed by atoms with Gasteiger partial charge in [0.2, 0.25) is 0 Å². The van der Waals surface area contributed by atoms with E-state index in [4.69, 9.17) is 0 Å². The Labute approximate surface area is 90.7 Å². The SMILES string of the molecule is CCC(C)CC(C)(C)CNCC(C)C. The van der Waals surface area contributed by atoms with Crippen LogP contribution in [-0.2, 0) is 0 Å². The highest BCUT2D eigenvalue weighted by molar-refractivity contribution is 4.74. The number of hydrogen-bond donors (Lipinski definition) is 1. The maximum atomic E-state index is 3.55. The van der Waals surface area contributed by atoms with E-state index in [1.165, 1.54) is 12.8 Å². The van der Waals surface area contributed by atoms with E-state index in [-0.39, 0.29) is 0 Å². The lowest BCUT2D eigenvalue weighted by Crippen LogP contribution is -2.32. The highest BCUT2D eigenvalue weighted by atomic mass is 14.9.